The molecule has 1 aliphatic rings. The van der Waals surface area contributed by atoms with Crippen LogP contribution < -0.4 is 5.32 Å². The van der Waals surface area contributed by atoms with Crippen LogP contribution in [0.1, 0.15) is 52.5 Å². The summed E-state index contributed by atoms with van der Waals surface area (Å²) in [5, 5.41) is 4.10. The van der Waals surface area contributed by atoms with E-state index in [0.29, 0.717) is 16.5 Å². The fourth-order valence-corrected chi connectivity index (χ4v) is 3.57. The summed E-state index contributed by atoms with van der Waals surface area (Å²) in [7, 11) is 0. The Balaban J connectivity index is 2.29. The number of hydrogen-bond donors (Lipinski definition) is 1. The van der Waals surface area contributed by atoms with Crippen molar-refractivity contribution in [1.82, 2.24) is 5.32 Å². The van der Waals surface area contributed by atoms with E-state index in [9.17, 15) is 4.39 Å². The first kappa shape index (κ1) is 15.8. The van der Waals surface area contributed by atoms with Crippen LogP contribution in [-0.2, 0) is 5.41 Å². The lowest BCUT2D eigenvalue weighted by molar-refractivity contribution is 0.121. The van der Waals surface area contributed by atoms with E-state index in [4.69, 9.17) is 11.6 Å². The molecular weight excluding hydrogens is 273 g/mol. The Hall–Kier alpha value is -0.600. The van der Waals surface area contributed by atoms with Gasteiger partial charge in [-0.05, 0) is 51.7 Å². The minimum Gasteiger partial charge on any atom is -0.311 e. The Morgan fingerprint density at radius 2 is 2.00 bits per heavy atom. The van der Waals surface area contributed by atoms with Gasteiger partial charge in [0, 0.05) is 28.1 Å². The summed E-state index contributed by atoms with van der Waals surface area (Å²) in [5.74, 6) is 0.523. The molecule has 1 fully saturated rings. The van der Waals surface area contributed by atoms with Crippen molar-refractivity contribution in [3.05, 3.63) is 34.6 Å². The van der Waals surface area contributed by atoms with E-state index < -0.39 is 0 Å². The van der Waals surface area contributed by atoms with Gasteiger partial charge in [0.25, 0.3) is 0 Å². The summed E-state index contributed by atoms with van der Waals surface area (Å²) in [5.41, 5.74) is 0.599. The minimum atomic E-state index is -0.164. The van der Waals surface area contributed by atoms with Gasteiger partial charge in [-0.3, -0.25) is 0 Å². The average molecular weight is 298 g/mol. The SMILES string of the molecule is CCC1CC(CNC(C)(C)C)(c2c(F)cccc2Cl)C1. The zero-order valence-electron chi connectivity index (χ0n) is 12.9. The first-order valence-corrected chi connectivity index (χ1v) is 7.85. The van der Waals surface area contributed by atoms with Gasteiger partial charge in [-0.25, -0.2) is 4.39 Å². The van der Waals surface area contributed by atoms with Gasteiger partial charge in [0.05, 0.1) is 0 Å². The molecule has 0 amide bonds. The third-order valence-electron chi connectivity index (χ3n) is 4.39. The lowest BCUT2D eigenvalue weighted by atomic mass is 9.57. The highest BCUT2D eigenvalue weighted by molar-refractivity contribution is 6.31. The summed E-state index contributed by atoms with van der Waals surface area (Å²) in [4.78, 5) is 0. The highest BCUT2D eigenvalue weighted by Gasteiger charge is 2.47. The topological polar surface area (TPSA) is 12.0 Å². The molecule has 0 unspecified atom stereocenters. The van der Waals surface area contributed by atoms with Crippen LogP contribution in [0, 0.1) is 11.7 Å². The predicted molar refractivity (Wildman–Crippen MR) is 83.9 cm³/mol. The summed E-state index contributed by atoms with van der Waals surface area (Å²) in [6, 6.07) is 5.01. The zero-order chi connectivity index (χ0) is 15.0. The standard InChI is InChI=1S/C17H25ClFN/c1-5-12-9-17(10-12,11-20-16(2,3)4)15-13(18)7-6-8-14(15)19/h6-8,12,20H,5,9-11H2,1-4H3. The molecule has 0 heterocycles. The number of halogens is 2. The van der Waals surface area contributed by atoms with Gasteiger partial charge in [0.15, 0.2) is 0 Å². The predicted octanol–water partition coefficient (Wildman–Crippen LogP) is 4.93. The normalized spacial score (nSPS) is 26.4. The van der Waals surface area contributed by atoms with E-state index in [1.807, 2.05) is 0 Å². The maximum Gasteiger partial charge on any atom is 0.128 e. The van der Waals surface area contributed by atoms with Crippen LogP contribution in [0.15, 0.2) is 18.2 Å². The summed E-state index contributed by atoms with van der Waals surface area (Å²) >= 11 is 6.30. The summed E-state index contributed by atoms with van der Waals surface area (Å²) < 4.78 is 14.3. The van der Waals surface area contributed by atoms with Gasteiger partial charge in [0.1, 0.15) is 5.82 Å². The summed E-state index contributed by atoms with van der Waals surface area (Å²) in [6.07, 6.45) is 3.20. The number of hydrogen-bond acceptors (Lipinski definition) is 1. The van der Waals surface area contributed by atoms with Crippen LogP contribution in [0.5, 0.6) is 0 Å². The van der Waals surface area contributed by atoms with E-state index in [-0.39, 0.29) is 16.8 Å². The van der Waals surface area contributed by atoms with Gasteiger partial charge < -0.3 is 5.32 Å². The second-order valence-corrected chi connectivity index (χ2v) is 7.57. The molecule has 1 aromatic rings. The largest absolute Gasteiger partial charge is 0.311 e. The number of benzene rings is 1. The molecule has 0 radical (unpaired) electrons. The monoisotopic (exact) mass is 297 g/mol. The Morgan fingerprint density at radius 3 is 2.50 bits per heavy atom. The lowest BCUT2D eigenvalue weighted by Crippen LogP contribution is -2.53. The Bertz CT molecular complexity index is 452. The van der Waals surface area contributed by atoms with Crippen molar-refractivity contribution >= 4 is 11.6 Å². The Labute approximate surface area is 126 Å². The van der Waals surface area contributed by atoms with E-state index in [2.05, 4.69) is 33.0 Å². The van der Waals surface area contributed by atoms with E-state index in [0.717, 1.165) is 25.8 Å². The molecule has 0 saturated heterocycles. The van der Waals surface area contributed by atoms with Crippen molar-refractivity contribution in [2.75, 3.05) is 6.54 Å². The van der Waals surface area contributed by atoms with Crippen LogP contribution in [-0.4, -0.2) is 12.1 Å². The van der Waals surface area contributed by atoms with Gasteiger partial charge in [0.2, 0.25) is 0 Å². The molecule has 1 nitrogen and oxygen atoms in total. The van der Waals surface area contributed by atoms with Crippen molar-refractivity contribution in [2.24, 2.45) is 5.92 Å². The molecule has 112 valence electrons. The second kappa shape index (κ2) is 5.65. The first-order chi connectivity index (χ1) is 9.27. The van der Waals surface area contributed by atoms with Crippen LogP contribution in [0.3, 0.4) is 0 Å². The quantitative estimate of drug-likeness (QED) is 0.831. The third kappa shape index (κ3) is 3.17. The molecule has 0 aromatic heterocycles. The first-order valence-electron chi connectivity index (χ1n) is 7.47. The average Bonchev–Trinajstić information content (AvgIpc) is 2.29. The molecule has 0 bridgehead atoms. The lowest BCUT2D eigenvalue weighted by Gasteiger charge is -2.50. The van der Waals surface area contributed by atoms with Crippen LogP contribution >= 0.6 is 11.6 Å². The third-order valence-corrected chi connectivity index (χ3v) is 4.70. The molecule has 1 aliphatic carbocycles. The Morgan fingerprint density at radius 1 is 1.35 bits per heavy atom. The van der Waals surface area contributed by atoms with Crippen molar-refractivity contribution in [2.45, 2.75) is 57.9 Å². The second-order valence-electron chi connectivity index (χ2n) is 7.16. The maximum atomic E-state index is 14.3. The molecule has 1 aromatic carbocycles. The van der Waals surface area contributed by atoms with Gasteiger partial charge >= 0.3 is 0 Å². The molecular formula is C17H25ClFN. The number of rotatable bonds is 4. The van der Waals surface area contributed by atoms with Crippen LogP contribution in [0.4, 0.5) is 4.39 Å². The highest BCUT2D eigenvalue weighted by atomic mass is 35.5. The smallest absolute Gasteiger partial charge is 0.128 e. The van der Waals surface area contributed by atoms with Crippen LogP contribution in [0.25, 0.3) is 0 Å². The van der Waals surface area contributed by atoms with Crippen molar-refractivity contribution in [3.63, 3.8) is 0 Å². The molecule has 1 N–H and O–H groups in total. The molecule has 0 aliphatic heterocycles. The highest BCUT2D eigenvalue weighted by Crippen LogP contribution is 2.51. The fourth-order valence-electron chi connectivity index (χ4n) is 3.21. The fraction of sp³-hybridized carbons (Fsp3) is 0.647. The molecule has 3 heteroatoms. The maximum absolute atomic E-state index is 14.3. The van der Waals surface area contributed by atoms with Crippen molar-refractivity contribution < 1.29 is 4.39 Å². The van der Waals surface area contributed by atoms with Crippen molar-refractivity contribution in [1.29, 1.82) is 0 Å². The summed E-state index contributed by atoms with van der Waals surface area (Å²) in [6.45, 7) is 9.40. The van der Waals surface area contributed by atoms with E-state index >= 15 is 0 Å². The molecule has 0 spiro atoms. The Kier molecular flexibility index (Phi) is 4.46. The van der Waals surface area contributed by atoms with Gasteiger partial charge in [-0.2, -0.15) is 0 Å². The van der Waals surface area contributed by atoms with E-state index in [1.165, 1.54) is 6.07 Å². The molecule has 2 rings (SSSR count). The zero-order valence-corrected chi connectivity index (χ0v) is 13.6. The van der Waals surface area contributed by atoms with E-state index in [1.54, 1.807) is 12.1 Å². The molecule has 0 atom stereocenters. The minimum absolute atomic E-state index is 0.0298. The van der Waals surface area contributed by atoms with Gasteiger partial charge in [-0.15, -0.1) is 0 Å². The van der Waals surface area contributed by atoms with Crippen LogP contribution in [0.2, 0.25) is 5.02 Å². The molecule has 1 saturated carbocycles. The number of nitrogens with one attached hydrogen (secondary N) is 1. The van der Waals surface area contributed by atoms with Crippen molar-refractivity contribution in [3.8, 4) is 0 Å². The van der Waals surface area contributed by atoms with Gasteiger partial charge in [-0.1, -0.05) is 31.0 Å². The molecule has 20 heavy (non-hydrogen) atoms.